The zero-order valence-corrected chi connectivity index (χ0v) is 9.09. The van der Waals surface area contributed by atoms with Gasteiger partial charge >= 0.3 is 0 Å². The Labute approximate surface area is 79.9 Å². The van der Waals surface area contributed by atoms with E-state index in [4.69, 9.17) is 0 Å². The van der Waals surface area contributed by atoms with E-state index in [0.29, 0.717) is 12.2 Å². The second-order valence-electron chi connectivity index (χ2n) is 2.97. The van der Waals surface area contributed by atoms with Gasteiger partial charge in [0.2, 0.25) is 0 Å². The molecule has 0 N–H and O–H groups in total. The smallest absolute Gasteiger partial charge is 0.160 e. The molecule has 0 aliphatic carbocycles. The van der Waals surface area contributed by atoms with E-state index in [0.717, 1.165) is 12.2 Å². The summed E-state index contributed by atoms with van der Waals surface area (Å²) in [5.74, 6) is 1.79. The van der Waals surface area contributed by atoms with Crippen molar-refractivity contribution >= 4 is 28.3 Å². The fourth-order valence-corrected chi connectivity index (χ4v) is 4.63. The van der Waals surface area contributed by atoms with Crippen LogP contribution < -0.4 is 0 Å². The fraction of sp³-hybridized carbons (Fsp3) is 0.875. The number of ketones is 1. The topological polar surface area (TPSA) is 34.1 Å². The summed E-state index contributed by atoms with van der Waals surface area (Å²) in [5.41, 5.74) is 0. The number of hydrogen-bond acceptors (Lipinski definition) is 3. The molecule has 1 saturated heterocycles. The van der Waals surface area contributed by atoms with Gasteiger partial charge in [0, 0.05) is 23.0 Å². The first-order valence-corrected chi connectivity index (χ1v) is 6.47. The first-order valence-electron chi connectivity index (χ1n) is 4.17. The molecule has 0 saturated carbocycles. The molecule has 0 radical (unpaired) electrons. The molecule has 1 heterocycles. The number of rotatable bonds is 2. The largest absolute Gasteiger partial charge is 0.297 e. The van der Waals surface area contributed by atoms with Crippen LogP contribution in [0.15, 0.2) is 0 Å². The van der Waals surface area contributed by atoms with E-state index in [1.807, 2.05) is 13.8 Å². The van der Waals surface area contributed by atoms with Gasteiger partial charge in [-0.15, -0.1) is 11.8 Å². The summed E-state index contributed by atoms with van der Waals surface area (Å²) >= 11 is 1.56. The molecule has 0 aromatic carbocycles. The lowest BCUT2D eigenvalue weighted by atomic mass is 10.2. The van der Waals surface area contributed by atoms with Gasteiger partial charge in [-0.3, -0.25) is 9.00 Å². The third-order valence-corrected chi connectivity index (χ3v) is 6.05. The standard InChI is InChI=1S/C8H14O2S2/c1-3-7(9)8(2)11-5-4-6-12(8)10/h3-6H2,1-2H3/t8-,12?/m1/s1. The Morgan fingerprint density at radius 3 is 2.83 bits per heavy atom. The molecule has 0 aromatic rings. The predicted molar refractivity (Wildman–Crippen MR) is 53.8 cm³/mol. The minimum Gasteiger partial charge on any atom is -0.297 e. The van der Waals surface area contributed by atoms with Crippen molar-refractivity contribution in [1.82, 2.24) is 0 Å². The molecule has 2 nitrogen and oxygen atoms in total. The quantitative estimate of drug-likeness (QED) is 0.687. The van der Waals surface area contributed by atoms with Gasteiger partial charge in [-0.05, 0) is 19.1 Å². The third kappa shape index (κ3) is 1.74. The lowest BCUT2D eigenvalue weighted by Gasteiger charge is -2.30. The van der Waals surface area contributed by atoms with Crippen molar-refractivity contribution in [3.63, 3.8) is 0 Å². The van der Waals surface area contributed by atoms with Gasteiger partial charge in [0.25, 0.3) is 0 Å². The molecule has 2 atom stereocenters. The number of hydrogen-bond donors (Lipinski definition) is 0. The molecule has 1 unspecified atom stereocenters. The summed E-state index contributed by atoms with van der Waals surface area (Å²) in [5, 5.41) is 0. The summed E-state index contributed by atoms with van der Waals surface area (Å²) in [7, 11) is -0.960. The summed E-state index contributed by atoms with van der Waals surface area (Å²) in [6, 6.07) is 0. The van der Waals surface area contributed by atoms with Gasteiger partial charge in [-0.25, -0.2) is 0 Å². The minimum absolute atomic E-state index is 0.130. The van der Waals surface area contributed by atoms with Crippen LogP contribution in [-0.2, 0) is 15.6 Å². The Morgan fingerprint density at radius 1 is 1.67 bits per heavy atom. The molecule has 4 heteroatoms. The molecule has 0 amide bonds. The van der Waals surface area contributed by atoms with Crippen molar-refractivity contribution in [1.29, 1.82) is 0 Å². The zero-order chi connectivity index (χ0) is 9.19. The van der Waals surface area contributed by atoms with Crippen LogP contribution in [0.25, 0.3) is 0 Å². The molecular weight excluding hydrogens is 192 g/mol. The Hall–Kier alpha value is 0.170. The molecule has 12 heavy (non-hydrogen) atoms. The number of carbonyl (C=O) groups excluding carboxylic acids is 1. The lowest BCUT2D eigenvalue weighted by molar-refractivity contribution is -0.118. The van der Waals surface area contributed by atoms with Crippen LogP contribution in [-0.4, -0.2) is 25.6 Å². The SMILES string of the molecule is CCC(=O)[C@]1(C)SCCCS1=O. The summed E-state index contributed by atoms with van der Waals surface area (Å²) < 4.78 is 11.0. The monoisotopic (exact) mass is 206 g/mol. The van der Waals surface area contributed by atoms with Gasteiger partial charge in [-0.2, -0.15) is 0 Å². The lowest BCUT2D eigenvalue weighted by Crippen LogP contribution is -2.40. The van der Waals surface area contributed by atoms with Crippen LogP contribution in [0.4, 0.5) is 0 Å². The Bertz CT molecular complexity index is 205. The molecule has 1 fully saturated rings. The van der Waals surface area contributed by atoms with Crippen molar-refractivity contribution in [2.45, 2.75) is 30.8 Å². The number of carbonyl (C=O) groups is 1. The molecule has 1 aliphatic rings. The first-order chi connectivity index (χ1) is 5.61. The van der Waals surface area contributed by atoms with Crippen molar-refractivity contribution in [2.75, 3.05) is 11.5 Å². The Morgan fingerprint density at radius 2 is 2.33 bits per heavy atom. The fourth-order valence-electron chi connectivity index (χ4n) is 1.25. The normalized spacial score (nSPS) is 36.3. The first kappa shape index (κ1) is 10.3. The minimum atomic E-state index is -0.960. The van der Waals surface area contributed by atoms with E-state index >= 15 is 0 Å². The number of Topliss-reactive ketones (excluding diaryl/α,β-unsaturated/α-hetero) is 1. The van der Waals surface area contributed by atoms with Crippen LogP contribution in [0.2, 0.25) is 0 Å². The highest BCUT2D eigenvalue weighted by Crippen LogP contribution is 2.35. The summed E-state index contributed by atoms with van der Waals surface area (Å²) in [6.45, 7) is 3.65. The van der Waals surface area contributed by atoms with E-state index < -0.39 is 14.9 Å². The van der Waals surface area contributed by atoms with Crippen molar-refractivity contribution < 1.29 is 9.00 Å². The van der Waals surface area contributed by atoms with Gasteiger partial charge in [0.15, 0.2) is 5.78 Å². The van der Waals surface area contributed by atoms with E-state index in [1.54, 1.807) is 11.8 Å². The highest BCUT2D eigenvalue weighted by Gasteiger charge is 2.40. The van der Waals surface area contributed by atoms with Crippen molar-refractivity contribution in [2.24, 2.45) is 0 Å². The second-order valence-corrected chi connectivity index (χ2v) is 6.66. The molecule has 1 aliphatic heterocycles. The molecule has 0 aromatic heterocycles. The highest BCUT2D eigenvalue weighted by atomic mass is 32.2. The Balaban J connectivity index is 2.79. The Kier molecular flexibility index (Phi) is 3.35. The van der Waals surface area contributed by atoms with Crippen molar-refractivity contribution in [3.05, 3.63) is 0 Å². The average Bonchev–Trinajstić information content (AvgIpc) is 2.09. The van der Waals surface area contributed by atoms with Crippen molar-refractivity contribution in [3.8, 4) is 0 Å². The molecule has 0 bridgehead atoms. The highest BCUT2D eigenvalue weighted by molar-refractivity contribution is 8.14. The second kappa shape index (κ2) is 3.92. The van der Waals surface area contributed by atoms with Gasteiger partial charge in [0.05, 0.1) is 0 Å². The van der Waals surface area contributed by atoms with E-state index in [-0.39, 0.29) is 5.78 Å². The van der Waals surface area contributed by atoms with Crippen LogP contribution in [0, 0.1) is 0 Å². The summed E-state index contributed by atoms with van der Waals surface area (Å²) in [4.78, 5) is 11.5. The maximum Gasteiger partial charge on any atom is 0.160 e. The van der Waals surface area contributed by atoms with Gasteiger partial charge < -0.3 is 0 Å². The maximum atomic E-state index is 11.6. The predicted octanol–water partition coefficient (Wildman–Crippen LogP) is 1.57. The van der Waals surface area contributed by atoms with Gasteiger partial charge in [0.1, 0.15) is 4.08 Å². The van der Waals surface area contributed by atoms with E-state index in [9.17, 15) is 9.00 Å². The van der Waals surface area contributed by atoms with Crippen LogP contribution in [0.3, 0.4) is 0 Å². The molecule has 1 rings (SSSR count). The summed E-state index contributed by atoms with van der Waals surface area (Å²) in [6.07, 6.45) is 1.47. The van der Waals surface area contributed by atoms with Crippen LogP contribution >= 0.6 is 11.8 Å². The number of thioether (sulfide) groups is 1. The molecular formula is C8H14O2S2. The van der Waals surface area contributed by atoms with E-state index in [2.05, 4.69) is 0 Å². The molecule has 70 valence electrons. The van der Waals surface area contributed by atoms with Crippen LogP contribution in [0.1, 0.15) is 26.7 Å². The van der Waals surface area contributed by atoms with E-state index in [1.165, 1.54) is 0 Å². The molecule has 0 spiro atoms. The zero-order valence-electron chi connectivity index (χ0n) is 7.46. The van der Waals surface area contributed by atoms with Crippen LogP contribution in [0.5, 0.6) is 0 Å². The third-order valence-electron chi connectivity index (χ3n) is 2.11. The van der Waals surface area contributed by atoms with Gasteiger partial charge in [-0.1, -0.05) is 6.92 Å². The maximum absolute atomic E-state index is 11.6. The average molecular weight is 206 g/mol.